The van der Waals surface area contributed by atoms with Crippen LogP contribution < -0.4 is 10.6 Å². The van der Waals surface area contributed by atoms with Crippen molar-refractivity contribution in [3.8, 4) is 11.1 Å². The highest BCUT2D eigenvalue weighted by Crippen LogP contribution is 2.35. The van der Waals surface area contributed by atoms with Crippen molar-refractivity contribution in [1.82, 2.24) is 0 Å². The molecule has 1 amide bonds. The van der Waals surface area contributed by atoms with Crippen molar-refractivity contribution in [3.05, 3.63) is 71.8 Å². The highest BCUT2D eigenvalue weighted by Gasteiger charge is 2.24. The van der Waals surface area contributed by atoms with E-state index in [1.807, 2.05) is 0 Å². The first-order valence-electron chi connectivity index (χ1n) is 9.65. The monoisotopic (exact) mass is 504 g/mol. The highest BCUT2D eigenvalue weighted by molar-refractivity contribution is 7.86. The number of amides is 1. The number of rotatable bonds is 7. The minimum Gasteiger partial charge on any atom is -0.388 e. The van der Waals surface area contributed by atoms with Crippen LogP contribution in [-0.2, 0) is 20.2 Å². The topological polar surface area (TPSA) is 167 Å². The van der Waals surface area contributed by atoms with Crippen LogP contribution in [0.15, 0.2) is 70.5 Å². The molecule has 0 bridgehead atoms. The second kappa shape index (κ2) is 9.35. The van der Waals surface area contributed by atoms with Gasteiger partial charge in [0.1, 0.15) is 9.79 Å². The van der Waals surface area contributed by atoms with Gasteiger partial charge in [-0.05, 0) is 43.3 Å². The Morgan fingerprint density at radius 2 is 1.15 bits per heavy atom. The first kappa shape index (κ1) is 25.1. The van der Waals surface area contributed by atoms with Crippen molar-refractivity contribution in [2.24, 2.45) is 0 Å². The Morgan fingerprint density at radius 3 is 1.59 bits per heavy atom. The van der Waals surface area contributed by atoms with E-state index < -0.39 is 35.9 Å². The Balaban J connectivity index is 2.07. The maximum Gasteiger partial charge on any atom is 0.295 e. The molecule has 34 heavy (non-hydrogen) atoms. The first-order chi connectivity index (χ1) is 15.8. The van der Waals surface area contributed by atoms with Gasteiger partial charge in [0.25, 0.3) is 26.1 Å². The number of carbonyl (C=O) groups is 2. The van der Waals surface area contributed by atoms with Gasteiger partial charge in [0.2, 0.25) is 0 Å². The number of nitrogens with one attached hydrogen (secondary N) is 2. The van der Waals surface area contributed by atoms with Gasteiger partial charge in [-0.1, -0.05) is 24.3 Å². The summed E-state index contributed by atoms with van der Waals surface area (Å²) in [5, 5.41) is 5.19. The lowest BCUT2D eigenvalue weighted by molar-refractivity contribution is 0.100. The fraction of sp³-hybridized carbons (Fsp3) is 0.0909. The lowest BCUT2D eigenvalue weighted by Gasteiger charge is -2.14. The normalized spacial score (nSPS) is 11.6. The van der Waals surface area contributed by atoms with Gasteiger partial charge in [-0.2, -0.15) is 16.8 Å². The van der Waals surface area contributed by atoms with Gasteiger partial charge in [0.05, 0.1) is 0 Å². The summed E-state index contributed by atoms with van der Waals surface area (Å²) in [5.74, 6) is -0.784. The Bertz CT molecular complexity index is 1500. The predicted octanol–water partition coefficient (Wildman–Crippen LogP) is 3.34. The zero-order valence-corrected chi connectivity index (χ0v) is 19.6. The largest absolute Gasteiger partial charge is 0.388 e. The average Bonchev–Trinajstić information content (AvgIpc) is 2.77. The summed E-state index contributed by atoms with van der Waals surface area (Å²) in [4.78, 5) is 22.7. The predicted molar refractivity (Wildman–Crippen MR) is 125 cm³/mol. The molecule has 0 fully saturated rings. The van der Waals surface area contributed by atoms with Crippen LogP contribution in [0.4, 0.5) is 11.4 Å². The van der Waals surface area contributed by atoms with Gasteiger partial charge in [-0.15, -0.1) is 0 Å². The van der Waals surface area contributed by atoms with E-state index in [0.29, 0.717) is 11.3 Å². The fourth-order valence-electron chi connectivity index (χ4n) is 3.21. The molecule has 0 saturated carbocycles. The molecule has 0 aliphatic rings. The molecule has 0 unspecified atom stereocenters. The number of ketones is 1. The van der Waals surface area contributed by atoms with E-state index in [2.05, 4.69) is 10.6 Å². The van der Waals surface area contributed by atoms with Crippen LogP contribution in [0.2, 0.25) is 0 Å². The van der Waals surface area contributed by atoms with Crippen molar-refractivity contribution in [3.63, 3.8) is 0 Å². The molecule has 0 aromatic heterocycles. The molecule has 4 N–H and O–H groups in total. The lowest BCUT2D eigenvalue weighted by Crippen LogP contribution is -2.13. The lowest BCUT2D eigenvalue weighted by atomic mass is 10.0. The zero-order chi connectivity index (χ0) is 25.3. The van der Waals surface area contributed by atoms with E-state index in [-0.39, 0.29) is 28.2 Å². The van der Waals surface area contributed by atoms with Gasteiger partial charge in [-0.25, -0.2) is 0 Å². The van der Waals surface area contributed by atoms with Crippen LogP contribution in [0.25, 0.3) is 11.1 Å². The van der Waals surface area contributed by atoms with Crippen LogP contribution in [0, 0.1) is 0 Å². The quantitative estimate of drug-likeness (QED) is 0.279. The van der Waals surface area contributed by atoms with E-state index in [0.717, 1.165) is 12.1 Å². The molecule has 3 aromatic carbocycles. The molecule has 3 rings (SSSR count). The maximum atomic E-state index is 12.5. The summed E-state index contributed by atoms with van der Waals surface area (Å²) in [6.07, 6.45) is 0. The van der Waals surface area contributed by atoms with Crippen LogP contribution in [0.5, 0.6) is 0 Å². The molecule has 0 saturated heterocycles. The third-order valence-electron chi connectivity index (χ3n) is 4.91. The third-order valence-corrected chi connectivity index (χ3v) is 6.70. The average molecular weight is 505 g/mol. The van der Waals surface area contributed by atoms with Crippen molar-refractivity contribution in [2.75, 3.05) is 17.7 Å². The minimum absolute atomic E-state index is 0.00253. The molecule has 0 aliphatic carbocycles. The van der Waals surface area contributed by atoms with Gasteiger partial charge < -0.3 is 10.6 Å². The van der Waals surface area contributed by atoms with E-state index >= 15 is 0 Å². The summed E-state index contributed by atoms with van der Waals surface area (Å²) in [5.41, 5.74) is 0.558. The Hall–Kier alpha value is -3.58. The van der Waals surface area contributed by atoms with Crippen molar-refractivity contribution in [1.29, 1.82) is 0 Å². The van der Waals surface area contributed by atoms with Crippen LogP contribution in [0.1, 0.15) is 27.6 Å². The zero-order valence-electron chi connectivity index (χ0n) is 17.9. The third kappa shape index (κ3) is 5.48. The molecule has 0 radical (unpaired) electrons. The number of benzene rings is 3. The summed E-state index contributed by atoms with van der Waals surface area (Å²) in [6, 6.07) is 13.1. The highest BCUT2D eigenvalue weighted by atomic mass is 32.2. The fourth-order valence-corrected chi connectivity index (χ4v) is 4.67. The summed E-state index contributed by atoms with van der Waals surface area (Å²) < 4.78 is 67.5. The number of Topliss-reactive ketones (excluding diaryl/α,β-unsaturated/α-hetero) is 1. The molecular weight excluding hydrogens is 484 g/mol. The number of carbonyl (C=O) groups excluding carboxylic acids is 2. The second-order valence-electron chi connectivity index (χ2n) is 7.21. The molecule has 0 spiro atoms. The smallest absolute Gasteiger partial charge is 0.295 e. The van der Waals surface area contributed by atoms with Gasteiger partial charge in [0, 0.05) is 40.7 Å². The Morgan fingerprint density at radius 1 is 0.706 bits per heavy atom. The van der Waals surface area contributed by atoms with E-state index in [4.69, 9.17) is 0 Å². The SMILES string of the molecule is CNc1ccc(-c2ccc(NC(=O)c3ccc(C(C)=O)cc3)cc2S(=O)(=O)O)c(S(=O)(=O)O)c1. The van der Waals surface area contributed by atoms with Crippen molar-refractivity contribution < 1.29 is 35.5 Å². The first-order valence-corrected chi connectivity index (χ1v) is 12.5. The standard InChI is InChI=1S/C22H20N2O8S2/c1-13(25)14-3-5-15(6-4-14)22(26)24-17-8-10-19(21(12-17)34(30,31)32)18-9-7-16(23-2)11-20(18)33(27,28)29/h3-12,23H,1-2H3,(H,24,26)(H,27,28,29)(H,30,31,32). The molecule has 0 aliphatic heterocycles. The Kier molecular flexibility index (Phi) is 6.89. The van der Waals surface area contributed by atoms with E-state index in [1.165, 1.54) is 62.5 Å². The van der Waals surface area contributed by atoms with Gasteiger partial charge >= 0.3 is 0 Å². The molecule has 0 atom stereocenters. The molecule has 178 valence electrons. The van der Waals surface area contributed by atoms with Crippen molar-refractivity contribution >= 4 is 43.3 Å². The van der Waals surface area contributed by atoms with Crippen LogP contribution >= 0.6 is 0 Å². The molecular formula is C22H20N2O8S2. The van der Waals surface area contributed by atoms with Gasteiger partial charge in [0.15, 0.2) is 5.78 Å². The number of anilines is 2. The second-order valence-corrected chi connectivity index (χ2v) is 9.99. The minimum atomic E-state index is -4.88. The number of hydrogen-bond acceptors (Lipinski definition) is 7. The molecule has 12 heteroatoms. The van der Waals surface area contributed by atoms with E-state index in [1.54, 1.807) is 0 Å². The van der Waals surface area contributed by atoms with Gasteiger partial charge in [-0.3, -0.25) is 18.7 Å². The molecule has 10 nitrogen and oxygen atoms in total. The Labute approximate surface area is 196 Å². The van der Waals surface area contributed by atoms with Crippen LogP contribution in [-0.4, -0.2) is 44.7 Å². The summed E-state index contributed by atoms with van der Waals surface area (Å²) in [6.45, 7) is 1.38. The number of hydrogen-bond donors (Lipinski definition) is 4. The summed E-state index contributed by atoms with van der Waals surface area (Å²) in [7, 11) is -8.11. The molecule has 3 aromatic rings. The maximum absolute atomic E-state index is 12.5. The summed E-state index contributed by atoms with van der Waals surface area (Å²) >= 11 is 0. The van der Waals surface area contributed by atoms with Crippen molar-refractivity contribution in [2.45, 2.75) is 16.7 Å². The van der Waals surface area contributed by atoms with E-state index in [9.17, 15) is 35.5 Å². The molecule has 0 heterocycles. The van der Waals surface area contributed by atoms with Crippen LogP contribution in [0.3, 0.4) is 0 Å².